The number of hydrogen-bond donors (Lipinski definition) is 3. The summed E-state index contributed by atoms with van der Waals surface area (Å²) in [7, 11) is 1.40. The Balaban J connectivity index is 2.59. The molecule has 1 amide bonds. The van der Waals surface area contributed by atoms with Gasteiger partial charge in [-0.2, -0.15) is 0 Å². The molecular weight excluding hydrogens is 398 g/mol. The van der Waals surface area contributed by atoms with E-state index < -0.39 is 42.2 Å². The van der Waals surface area contributed by atoms with Gasteiger partial charge in [0.1, 0.15) is 12.4 Å². The van der Waals surface area contributed by atoms with Gasteiger partial charge in [-0.15, -0.1) is 0 Å². The summed E-state index contributed by atoms with van der Waals surface area (Å²) in [5, 5.41) is 19.6. The Morgan fingerprint density at radius 3 is 2.57 bits per heavy atom. The molecule has 0 saturated heterocycles. The highest BCUT2D eigenvalue weighted by Crippen LogP contribution is 2.37. The molecule has 1 atom stereocenters. The molecule has 4 N–H and O–H groups in total. The smallest absolute Gasteiger partial charge is 0.306 e. The molecule has 1 aromatic carbocycles. The van der Waals surface area contributed by atoms with Crippen molar-refractivity contribution in [3.63, 3.8) is 0 Å². The second-order valence-corrected chi connectivity index (χ2v) is 6.17. The maximum Gasteiger partial charge on any atom is 0.306 e. The zero-order valence-electron chi connectivity index (χ0n) is 16.5. The number of rotatable bonds is 10. The third-order valence-electron chi connectivity index (χ3n) is 4.11. The number of benzene rings is 1. The molecule has 2 aromatic rings. The van der Waals surface area contributed by atoms with E-state index in [2.05, 4.69) is 0 Å². The normalized spacial score (nSPS) is 11.6. The second kappa shape index (κ2) is 10.3. The average Bonchev–Trinajstić information content (AvgIpc) is 2.72. The first kappa shape index (κ1) is 22.8. The molecule has 10 heteroatoms. The fraction of sp³-hybridized carbons (Fsp3) is 0.350. The average molecular weight is 421 g/mol. The Hall–Kier alpha value is -3.53. The molecule has 162 valence electrons. The first-order valence-corrected chi connectivity index (χ1v) is 9.02. The van der Waals surface area contributed by atoms with Gasteiger partial charge in [0, 0.05) is 6.07 Å². The first-order valence-electron chi connectivity index (χ1n) is 9.02. The van der Waals surface area contributed by atoms with Crippen LogP contribution in [0.1, 0.15) is 36.3 Å². The van der Waals surface area contributed by atoms with E-state index in [1.807, 2.05) is 0 Å². The number of nitrogens with two attached hydrogens (primary N) is 1. The van der Waals surface area contributed by atoms with Gasteiger partial charge in [0.2, 0.25) is 11.2 Å². The highest BCUT2D eigenvalue weighted by atomic mass is 16.5. The summed E-state index contributed by atoms with van der Waals surface area (Å²) < 4.78 is 21.0. The molecule has 2 rings (SSSR count). The second-order valence-electron chi connectivity index (χ2n) is 6.17. The Bertz CT molecular complexity index is 967. The molecule has 0 saturated carbocycles. The lowest BCUT2D eigenvalue weighted by molar-refractivity contribution is -0.143. The fourth-order valence-corrected chi connectivity index (χ4v) is 2.79. The number of aliphatic hydroxyl groups is 1. The van der Waals surface area contributed by atoms with Gasteiger partial charge in [-0.25, -0.2) is 0 Å². The lowest BCUT2D eigenvalue weighted by Crippen LogP contribution is -2.20. The number of aromatic hydroxyl groups is 1. The molecule has 10 nitrogen and oxygen atoms in total. The number of aliphatic hydroxyl groups excluding tert-OH is 1. The number of primary amides is 1. The quantitative estimate of drug-likeness (QED) is 0.472. The molecule has 0 radical (unpaired) electrons. The van der Waals surface area contributed by atoms with E-state index in [1.165, 1.54) is 19.2 Å². The summed E-state index contributed by atoms with van der Waals surface area (Å²) >= 11 is 0. The minimum Gasteiger partial charge on any atom is -0.502 e. The SMILES string of the molecule is CCOC(=O)C[C@H](c1ccc(OC)c(OCC(N)=O)c1)c1oc(CO)cc(=O)c1O. The van der Waals surface area contributed by atoms with E-state index in [1.54, 1.807) is 13.0 Å². The first-order chi connectivity index (χ1) is 14.3. The van der Waals surface area contributed by atoms with Gasteiger partial charge in [0.25, 0.3) is 5.91 Å². The van der Waals surface area contributed by atoms with E-state index in [4.69, 9.17) is 24.4 Å². The van der Waals surface area contributed by atoms with Crippen molar-refractivity contribution < 1.29 is 38.4 Å². The number of methoxy groups -OCH3 is 1. The molecule has 0 unspecified atom stereocenters. The van der Waals surface area contributed by atoms with Crippen LogP contribution in [-0.2, 0) is 20.9 Å². The number of amides is 1. The lowest BCUT2D eigenvalue weighted by atomic mass is 9.91. The third-order valence-corrected chi connectivity index (χ3v) is 4.11. The number of ether oxygens (including phenoxy) is 3. The van der Waals surface area contributed by atoms with Crippen LogP contribution in [0.2, 0.25) is 0 Å². The monoisotopic (exact) mass is 421 g/mol. The molecule has 0 aliphatic rings. The van der Waals surface area contributed by atoms with Gasteiger partial charge in [-0.1, -0.05) is 6.07 Å². The van der Waals surface area contributed by atoms with Crippen molar-refractivity contribution in [2.45, 2.75) is 25.9 Å². The van der Waals surface area contributed by atoms with Crippen LogP contribution in [0.3, 0.4) is 0 Å². The molecular formula is C20H23NO9. The van der Waals surface area contributed by atoms with Gasteiger partial charge in [-0.3, -0.25) is 14.4 Å². The van der Waals surface area contributed by atoms with Crippen LogP contribution in [0.25, 0.3) is 0 Å². The van der Waals surface area contributed by atoms with Crippen LogP contribution in [0.5, 0.6) is 17.2 Å². The van der Waals surface area contributed by atoms with Crippen molar-refractivity contribution in [1.29, 1.82) is 0 Å². The van der Waals surface area contributed by atoms with Gasteiger partial charge >= 0.3 is 5.97 Å². The minimum atomic E-state index is -0.954. The predicted octanol–water partition coefficient (Wildman–Crippen LogP) is 0.795. The zero-order valence-corrected chi connectivity index (χ0v) is 16.5. The van der Waals surface area contributed by atoms with Crippen molar-refractivity contribution in [2.75, 3.05) is 20.3 Å². The predicted molar refractivity (Wildman–Crippen MR) is 103 cm³/mol. The number of carbonyl (C=O) groups excluding carboxylic acids is 2. The maximum atomic E-state index is 12.2. The number of carbonyl (C=O) groups is 2. The summed E-state index contributed by atoms with van der Waals surface area (Å²) in [6.45, 7) is 0.778. The molecule has 30 heavy (non-hydrogen) atoms. The van der Waals surface area contributed by atoms with Crippen LogP contribution in [0.4, 0.5) is 0 Å². The summed E-state index contributed by atoms with van der Waals surface area (Å²) in [6.07, 6.45) is -0.277. The highest BCUT2D eigenvalue weighted by Gasteiger charge is 2.27. The Morgan fingerprint density at radius 1 is 1.23 bits per heavy atom. The number of hydrogen-bond acceptors (Lipinski definition) is 9. The Kier molecular flexibility index (Phi) is 7.82. The largest absolute Gasteiger partial charge is 0.502 e. The van der Waals surface area contributed by atoms with E-state index >= 15 is 0 Å². The molecule has 1 aromatic heterocycles. The third kappa shape index (κ3) is 5.51. The van der Waals surface area contributed by atoms with Crippen LogP contribution in [0.15, 0.2) is 33.5 Å². The van der Waals surface area contributed by atoms with Crippen molar-refractivity contribution in [1.82, 2.24) is 0 Å². The maximum absolute atomic E-state index is 12.2. The summed E-state index contributed by atoms with van der Waals surface area (Å²) in [6, 6.07) is 5.52. The molecule has 0 bridgehead atoms. The van der Waals surface area contributed by atoms with Crippen molar-refractivity contribution in [3.8, 4) is 17.2 Å². The van der Waals surface area contributed by atoms with Crippen LogP contribution < -0.4 is 20.6 Å². The van der Waals surface area contributed by atoms with E-state index in [0.717, 1.165) is 6.07 Å². The molecule has 0 aliphatic heterocycles. The lowest BCUT2D eigenvalue weighted by Gasteiger charge is -2.19. The van der Waals surface area contributed by atoms with Crippen molar-refractivity contribution in [2.24, 2.45) is 5.73 Å². The van der Waals surface area contributed by atoms with Crippen LogP contribution in [-0.4, -0.2) is 42.4 Å². The molecule has 1 heterocycles. The summed E-state index contributed by atoms with van der Waals surface area (Å²) in [5.41, 5.74) is 4.75. The summed E-state index contributed by atoms with van der Waals surface area (Å²) in [4.78, 5) is 35.3. The van der Waals surface area contributed by atoms with Crippen molar-refractivity contribution in [3.05, 3.63) is 51.6 Å². The number of esters is 1. The zero-order chi connectivity index (χ0) is 22.3. The van der Waals surface area contributed by atoms with Gasteiger partial charge in [0.05, 0.1) is 26.1 Å². The van der Waals surface area contributed by atoms with Crippen molar-refractivity contribution >= 4 is 11.9 Å². The van der Waals surface area contributed by atoms with Gasteiger partial charge in [-0.05, 0) is 24.6 Å². The van der Waals surface area contributed by atoms with Crippen LogP contribution >= 0.6 is 0 Å². The summed E-state index contributed by atoms with van der Waals surface area (Å²) in [5.74, 6) is -2.81. The fourth-order valence-electron chi connectivity index (χ4n) is 2.79. The standard InChI is InChI=1S/C20H23NO9/c1-3-28-18(25)8-13(20-19(26)14(23)7-12(9-22)30-20)11-4-5-15(27-2)16(6-11)29-10-17(21)24/h4-7,13,22,26H,3,8-10H2,1-2H3,(H2,21,24)/t13-/m1/s1. The van der Waals surface area contributed by atoms with Gasteiger partial charge < -0.3 is 34.6 Å². The molecule has 0 spiro atoms. The Morgan fingerprint density at radius 2 is 1.97 bits per heavy atom. The minimum absolute atomic E-state index is 0.0830. The molecule has 0 fully saturated rings. The van der Waals surface area contributed by atoms with E-state index in [9.17, 15) is 24.6 Å². The topological polar surface area (TPSA) is 159 Å². The highest BCUT2D eigenvalue weighted by molar-refractivity contribution is 5.75. The van der Waals surface area contributed by atoms with Gasteiger partial charge in [0.15, 0.2) is 23.9 Å². The molecule has 0 aliphatic carbocycles. The van der Waals surface area contributed by atoms with Crippen LogP contribution in [0, 0.1) is 0 Å². The van der Waals surface area contributed by atoms with E-state index in [0.29, 0.717) is 11.3 Å². The van der Waals surface area contributed by atoms with E-state index in [-0.39, 0.29) is 30.3 Å². The Labute approximate surface area is 171 Å².